The molecule has 3 aliphatic rings. The average Bonchev–Trinajstić information content (AvgIpc) is 3.49. The fourth-order valence-corrected chi connectivity index (χ4v) is 5.00. The number of hydrogen-bond donors (Lipinski definition) is 1. The van der Waals surface area contributed by atoms with Crippen molar-refractivity contribution in [2.75, 3.05) is 45.2 Å². The van der Waals surface area contributed by atoms with Gasteiger partial charge in [-0.25, -0.2) is 15.0 Å². The first-order valence-corrected chi connectivity index (χ1v) is 11.7. The number of imidazole rings is 1. The van der Waals surface area contributed by atoms with Crippen LogP contribution in [0.1, 0.15) is 28.9 Å². The molecule has 0 radical (unpaired) electrons. The van der Waals surface area contributed by atoms with Gasteiger partial charge in [-0.15, -0.1) is 0 Å². The van der Waals surface area contributed by atoms with Crippen LogP contribution in [0, 0.1) is 6.92 Å². The number of nitrogens with zero attached hydrogens (tertiary/aromatic N) is 7. The van der Waals surface area contributed by atoms with Crippen LogP contribution in [0.5, 0.6) is 5.88 Å². The van der Waals surface area contributed by atoms with E-state index in [9.17, 15) is 4.79 Å². The summed E-state index contributed by atoms with van der Waals surface area (Å²) in [6.07, 6.45) is 9.07. The Morgan fingerprint density at radius 2 is 2.09 bits per heavy atom. The predicted molar refractivity (Wildman–Crippen MR) is 130 cm³/mol. The molecule has 0 bridgehead atoms. The summed E-state index contributed by atoms with van der Waals surface area (Å²) in [5.41, 5.74) is 5.05. The summed E-state index contributed by atoms with van der Waals surface area (Å²) in [6, 6.07) is 2.34. The standard InChI is InChI=1S/C24H32N8O2/c1-16-9-18(10-25-23(16)34-4)31-8-6-20-19(12-31)22(30(3)15-27-20)28-17-5-7-32(11-17)24(33)21-13-29(2)14-26-21/h9-10,13-15,17,22,28H,5-8,11-12H2,1-4H3/t17-,22?/m0/s1. The van der Waals surface area contributed by atoms with Crippen molar-refractivity contribution in [1.82, 2.24) is 29.7 Å². The van der Waals surface area contributed by atoms with Crippen LogP contribution in [0.4, 0.5) is 5.69 Å². The first-order valence-electron chi connectivity index (χ1n) is 11.7. The van der Waals surface area contributed by atoms with E-state index in [4.69, 9.17) is 9.73 Å². The van der Waals surface area contributed by atoms with E-state index in [0.717, 1.165) is 49.4 Å². The summed E-state index contributed by atoms with van der Waals surface area (Å²) < 4.78 is 7.13. The fraction of sp³-hybridized carbons (Fsp3) is 0.500. The zero-order chi connectivity index (χ0) is 23.8. The Hall–Kier alpha value is -3.40. The van der Waals surface area contributed by atoms with Gasteiger partial charge in [-0.2, -0.15) is 0 Å². The summed E-state index contributed by atoms with van der Waals surface area (Å²) in [4.78, 5) is 32.6. The van der Waals surface area contributed by atoms with E-state index in [2.05, 4.69) is 38.2 Å². The number of likely N-dealkylation sites (N-methyl/N-ethyl adjacent to an activating group) is 1. The van der Waals surface area contributed by atoms with Gasteiger partial charge in [-0.1, -0.05) is 0 Å². The van der Waals surface area contributed by atoms with Crippen molar-refractivity contribution in [2.45, 2.75) is 32.0 Å². The fourth-order valence-electron chi connectivity index (χ4n) is 5.00. The lowest BCUT2D eigenvalue weighted by Crippen LogP contribution is -2.54. The first-order chi connectivity index (χ1) is 16.4. The van der Waals surface area contributed by atoms with E-state index >= 15 is 0 Å². The van der Waals surface area contributed by atoms with E-state index in [1.165, 1.54) is 5.57 Å². The number of aromatic nitrogens is 3. The minimum absolute atomic E-state index is 0.00502. The number of ether oxygens (including phenoxy) is 1. The summed E-state index contributed by atoms with van der Waals surface area (Å²) in [5.74, 6) is 0.655. The van der Waals surface area contributed by atoms with Crippen LogP contribution in [0.2, 0.25) is 0 Å². The van der Waals surface area contributed by atoms with E-state index in [1.807, 2.05) is 31.4 Å². The van der Waals surface area contributed by atoms with Crippen LogP contribution in [0.15, 0.2) is 41.0 Å². The zero-order valence-electron chi connectivity index (χ0n) is 20.2. The molecule has 1 N–H and O–H groups in total. The molecule has 2 aromatic heterocycles. The van der Waals surface area contributed by atoms with Gasteiger partial charge in [0.25, 0.3) is 5.91 Å². The third-order valence-corrected chi connectivity index (χ3v) is 6.85. The molecular formula is C24H32N8O2. The topological polar surface area (TPSA) is 91.1 Å². The van der Waals surface area contributed by atoms with Gasteiger partial charge in [0, 0.05) is 75.8 Å². The Bertz CT molecular complexity index is 1140. The van der Waals surface area contributed by atoms with E-state index < -0.39 is 0 Å². The van der Waals surface area contributed by atoms with E-state index in [-0.39, 0.29) is 18.1 Å². The van der Waals surface area contributed by atoms with Crippen molar-refractivity contribution in [3.05, 3.63) is 47.3 Å². The first kappa shape index (κ1) is 22.4. The molecule has 3 aliphatic heterocycles. The Morgan fingerprint density at radius 3 is 2.82 bits per heavy atom. The number of anilines is 1. The molecule has 180 valence electrons. The number of pyridine rings is 1. The molecule has 10 heteroatoms. The number of aryl methyl sites for hydroxylation is 2. The summed E-state index contributed by atoms with van der Waals surface area (Å²) in [7, 11) is 5.57. The molecule has 2 aromatic rings. The molecule has 0 spiro atoms. The van der Waals surface area contributed by atoms with Crippen LogP contribution in [-0.2, 0) is 7.05 Å². The number of nitrogens with one attached hydrogen (secondary N) is 1. The van der Waals surface area contributed by atoms with Crippen LogP contribution < -0.4 is 15.0 Å². The molecule has 0 saturated carbocycles. The van der Waals surface area contributed by atoms with Crippen molar-refractivity contribution in [3.63, 3.8) is 0 Å². The van der Waals surface area contributed by atoms with Gasteiger partial charge in [-0.05, 0) is 19.4 Å². The number of methoxy groups -OCH3 is 1. The van der Waals surface area contributed by atoms with Crippen LogP contribution in [-0.4, -0.2) is 89.1 Å². The minimum Gasteiger partial charge on any atom is -0.481 e. The van der Waals surface area contributed by atoms with Gasteiger partial charge in [0.15, 0.2) is 0 Å². The molecule has 1 fully saturated rings. The van der Waals surface area contributed by atoms with Gasteiger partial charge >= 0.3 is 0 Å². The Labute approximate surface area is 199 Å². The van der Waals surface area contributed by atoms with Crippen molar-refractivity contribution >= 4 is 17.9 Å². The normalized spacial score (nSPS) is 22.4. The van der Waals surface area contributed by atoms with Crippen molar-refractivity contribution in [3.8, 4) is 5.88 Å². The molecular weight excluding hydrogens is 432 g/mol. The molecule has 2 atom stereocenters. The lowest BCUT2D eigenvalue weighted by Gasteiger charge is -2.41. The maximum atomic E-state index is 12.8. The zero-order valence-corrected chi connectivity index (χ0v) is 20.2. The highest BCUT2D eigenvalue weighted by Gasteiger charge is 2.34. The van der Waals surface area contributed by atoms with E-state index in [1.54, 1.807) is 24.2 Å². The average molecular weight is 465 g/mol. The van der Waals surface area contributed by atoms with Gasteiger partial charge in [0.1, 0.15) is 11.9 Å². The van der Waals surface area contributed by atoms with Crippen LogP contribution >= 0.6 is 0 Å². The number of aliphatic imine (C=N–C) groups is 1. The van der Waals surface area contributed by atoms with Gasteiger partial charge in [0.05, 0.1) is 31.7 Å². The molecule has 1 saturated heterocycles. The number of hydrogen-bond acceptors (Lipinski definition) is 8. The smallest absolute Gasteiger partial charge is 0.274 e. The van der Waals surface area contributed by atoms with Crippen molar-refractivity contribution in [2.24, 2.45) is 12.0 Å². The highest BCUT2D eigenvalue weighted by Crippen LogP contribution is 2.30. The van der Waals surface area contributed by atoms with Gasteiger partial charge in [-0.3, -0.25) is 10.1 Å². The molecule has 0 aliphatic carbocycles. The second kappa shape index (κ2) is 9.09. The minimum atomic E-state index is -0.00502. The predicted octanol–water partition coefficient (Wildman–Crippen LogP) is 1.40. The second-order valence-electron chi connectivity index (χ2n) is 9.30. The van der Waals surface area contributed by atoms with Gasteiger partial charge < -0.3 is 24.0 Å². The van der Waals surface area contributed by atoms with Crippen LogP contribution in [0.3, 0.4) is 0 Å². The summed E-state index contributed by atoms with van der Waals surface area (Å²) >= 11 is 0. The van der Waals surface area contributed by atoms with E-state index in [0.29, 0.717) is 18.1 Å². The third-order valence-electron chi connectivity index (χ3n) is 6.85. The largest absolute Gasteiger partial charge is 0.481 e. The quantitative estimate of drug-likeness (QED) is 0.715. The van der Waals surface area contributed by atoms with Crippen molar-refractivity contribution < 1.29 is 9.53 Å². The van der Waals surface area contributed by atoms with Crippen molar-refractivity contribution in [1.29, 1.82) is 0 Å². The Kier molecular flexibility index (Phi) is 5.99. The molecule has 5 rings (SSSR count). The third kappa shape index (κ3) is 4.25. The summed E-state index contributed by atoms with van der Waals surface area (Å²) in [5, 5.41) is 3.80. The lowest BCUT2D eigenvalue weighted by atomic mass is 10.00. The molecule has 1 amide bonds. The highest BCUT2D eigenvalue weighted by molar-refractivity contribution is 5.92. The maximum Gasteiger partial charge on any atom is 0.274 e. The van der Waals surface area contributed by atoms with Gasteiger partial charge in [0.2, 0.25) is 5.88 Å². The summed E-state index contributed by atoms with van der Waals surface area (Å²) in [6.45, 7) is 5.10. The SMILES string of the molecule is COc1ncc(N2CCC3=C(C2)C(N[C@H]2CCN(C(=O)c4cn(C)cn4)C2)N(C)C=N3)cc1C. The number of likely N-dealkylation sites (tertiary alicyclic amines) is 1. The lowest BCUT2D eigenvalue weighted by molar-refractivity contribution is 0.0782. The Morgan fingerprint density at radius 1 is 1.24 bits per heavy atom. The number of carbonyl (C=O) groups excluding carboxylic acids is 1. The number of carbonyl (C=O) groups is 1. The Balaban J connectivity index is 1.28. The highest BCUT2D eigenvalue weighted by atomic mass is 16.5. The molecule has 5 heterocycles. The molecule has 10 nitrogen and oxygen atoms in total. The van der Waals surface area contributed by atoms with Crippen LogP contribution in [0.25, 0.3) is 0 Å². The number of rotatable bonds is 5. The molecule has 34 heavy (non-hydrogen) atoms. The molecule has 0 aromatic carbocycles. The second-order valence-corrected chi connectivity index (χ2v) is 9.30. The molecule has 1 unspecified atom stereocenters. The maximum absolute atomic E-state index is 12.8. The number of amides is 1. The monoisotopic (exact) mass is 464 g/mol.